The Balaban J connectivity index is 1.51. The largest absolute Gasteiger partial charge is 0.370 e. The van der Waals surface area contributed by atoms with Gasteiger partial charge in [-0.05, 0) is 41.8 Å². The summed E-state index contributed by atoms with van der Waals surface area (Å²) in [6, 6.07) is 13.7. The first-order valence-electron chi connectivity index (χ1n) is 7.73. The Morgan fingerprint density at radius 2 is 1.67 bits per heavy atom. The molecule has 0 amide bonds. The lowest BCUT2D eigenvalue weighted by molar-refractivity contribution is 0.996. The molecule has 0 fully saturated rings. The van der Waals surface area contributed by atoms with Crippen LogP contribution >= 0.6 is 11.6 Å². The topological polar surface area (TPSA) is 62.7 Å². The molecule has 3 aromatic rings. The summed E-state index contributed by atoms with van der Waals surface area (Å²) in [4.78, 5) is 12.5. The smallest absolute Gasteiger partial charge is 0.131 e. The first-order chi connectivity index (χ1) is 11.8. The number of nitrogens with one attached hydrogen (secondary N) is 2. The standard InChI is InChI=1S/C18H18ClN5/c19-16-3-1-2-14(10-16)6-9-21-17-11-18(24-13-23-17)22-12-15-4-7-20-8-5-15/h1-5,7-8,10-11,13H,6,9,12H2,(H2,21,22,23,24). The van der Waals surface area contributed by atoms with Crippen LogP contribution in [0.3, 0.4) is 0 Å². The fourth-order valence-electron chi connectivity index (χ4n) is 2.27. The Labute approximate surface area is 146 Å². The van der Waals surface area contributed by atoms with E-state index in [9.17, 15) is 0 Å². The second kappa shape index (κ2) is 8.26. The second-order valence-corrected chi connectivity index (χ2v) is 5.74. The Bertz CT molecular complexity index is 779. The molecule has 2 aromatic heterocycles. The van der Waals surface area contributed by atoms with Gasteiger partial charge in [0, 0.05) is 36.6 Å². The van der Waals surface area contributed by atoms with Gasteiger partial charge in [0.2, 0.25) is 0 Å². The van der Waals surface area contributed by atoms with Crippen molar-refractivity contribution in [3.8, 4) is 0 Å². The van der Waals surface area contributed by atoms with Crippen LogP contribution in [0.25, 0.3) is 0 Å². The van der Waals surface area contributed by atoms with Crippen molar-refractivity contribution in [1.82, 2.24) is 15.0 Å². The van der Waals surface area contributed by atoms with Crippen molar-refractivity contribution in [3.05, 3.63) is 77.3 Å². The third kappa shape index (κ3) is 4.93. The normalized spacial score (nSPS) is 10.4. The van der Waals surface area contributed by atoms with Gasteiger partial charge in [-0.25, -0.2) is 9.97 Å². The molecule has 2 heterocycles. The predicted molar refractivity (Wildman–Crippen MR) is 97.2 cm³/mol. The zero-order valence-electron chi connectivity index (χ0n) is 13.1. The van der Waals surface area contributed by atoms with E-state index >= 15 is 0 Å². The number of anilines is 2. The Morgan fingerprint density at radius 3 is 2.46 bits per heavy atom. The van der Waals surface area contributed by atoms with E-state index in [4.69, 9.17) is 11.6 Å². The molecule has 122 valence electrons. The van der Waals surface area contributed by atoms with Crippen LogP contribution in [0.4, 0.5) is 11.6 Å². The fraction of sp³-hybridized carbons (Fsp3) is 0.167. The molecule has 0 spiro atoms. The summed E-state index contributed by atoms with van der Waals surface area (Å²) in [6.45, 7) is 1.47. The molecule has 3 rings (SSSR count). The number of halogens is 1. The predicted octanol–water partition coefficient (Wildman–Crippen LogP) is 3.79. The first-order valence-corrected chi connectivity index (χ1v) is 8.10. The lowest BCUT2D eigenvalue weighted by atomic mass is 10.1. The van der Waals surface area contributed by atoms with Gasteiger partial charge in [-0.2, -0.15) is 0 Å². The van der Waals surface area contributed by atoms with Crippen LogP contribution in [0.5, 0.6) is 0 Å². The van der Waals surface area contributed by atoms with Crippen LogP contribution in [-0.2, 0) is 13.0 Å². The summed E-state index contributed by atoms with van der Waals surface area (Å²) >= 11 is 5.99. The van der Waals surface area contributed by atoms with E-state index in [1.54, 1.807) is 18.7 Å². The summed E-state index contributed by atoms with van der Waals surface area (Å²) in [6.07, 6.45) is 5.99. The number of nitrogens with zero attached hydrogens (tertiary/aromatic N) is 3. The van der Waals surface area contributed by atoms with Gasteiger partial charge in [-0.3, -0.25) is 4.98 Å². The van der Waals surface area contributed by atoms with E-state index < -0.39 is 0 Å². The van der Waals surface area contributed by atoms with Gasteiger partial charge in [0.05, 0.1) is 0 Å². The van der Waals surface area contributed by atoms with E-state index in [1.165, 1.54) is 5.56 Å². The average Bonchev–Trinajstić information content (AvgIpc) is 2.61. The van der Waals surface area contributed by atoms with E-state index in [-0.39, 0.29) is 0 Å². The lowest BCUT2D eigenvalue weighted by Crippen LogP contribution is -2.08. The average molecular weight is 340 g/mol. The van der Waals surface area contributed by atoms with Crippen LogP contribution in [0, 0.1) is 0 Å². The van der Waals surface area contributed by atoms with E-state index in [2.05, 4.69) is 31.7 Å². The number of hydrogen-bond acceptors (Lipinski definition) is 5. The number of pyridine rings is 1. The molecule has 6 heteroatoms. The highest BCUT2D eigenvalue weighted by Crippen LogP contribution is 2.13. The third-order valence-electron chi connectivity index (χ3n) is 3.50. The third-order valence-corrected chi connectivity index (χ3v) is 3.73. The minimum absolute atomic E-state index is 0.696. The van der Waals surface area contributed by atoms with E-state index in [0.29, 0.717) is 6.54 Å². The van der Waals surface area contributed by atoms with Gasteiger partial charge in [0.1, 0.15) is 18.0 Å². The summed E-state index contributed by atoms with van der Waals surface area (Å²) < 4.78 is 0. The maximum Gasteiger partial charge on any atom is 0.131 e. The Kier molecular flexibility index (Phi) is 5.58. The van der Waals surface area contributed by atoms with Gasteiger partial charge < -0.3 is 10.6 Å². The molecule has 24 heavy (non-hydrogen) atoms. The van der Waals surface area contributed by atoms with E-state index in [0.717, 1.165) is 35.2 Å². The van der Waals surface area contributed by atoms with Crippen molar-refractivity contribution < 1.29 is 0 Å². The number of aromatic nitrogens is 3. The Morgan fingerprint density at radius 1 is 0.875 bits per heavy atom. The highest BCUT2D eigenvalue weighted by molar-refractivity contribution is 6.30. The highest BCUT2D eigenvalue weighted by atomic mass is 35.5. The molecule has 0 bridgehead atoms. The minimum atomic E-state index is 0.696. The maximum atomic E-state index is 5.99. The molecule has 0 aliphatic carbocycles. The van der Waals surface area contributed by atoms with Gasteiger partial charge in [0.25, 0.3) is 0 Å². The summed E-state index contributed by atoms with van der Waals surface area (Å²) in [5.41, 5.74) is 2.35. The van der Waals surface area contributed by atoms with Crippen molar-refractivity contribution >= 4 is 23.2 Å². The molecular weight excluding hydrogens is 322 g/mol. The molecule has 0 aliphatic rings. The van der Waals surface area contributed by atoms with Crippen molar-refractivity contribution in [1.29, 1.82) is 0 Å². The minimum Gasteiger partial charge on any atom is -0.370 e. The summed E-state index contributed by atoms with van der Waals surface area (Å²) in [5.74, 6) is 1.58. The molecule has 0 radical (unpaired) electrons. The van der Waals surface area contributed by atoms with Crippen LogP contribution in [0.15, 0.2) is 61.2 Å². The zero-order chi connectivity index (χ0) is 16.6. The number of rotatable bonds is 7. The number of hydrogen-bond donors (Lipinski definition) is 2. The lowest BCUT2D eigenvalue weighted by Gasteiger charge is -2.09. The summed E-state index contributed by atoms with van der Waals surface area (Å²) in [5, 5.41) is 7.35. The quantitative estimate of drug-likeness (QED) is 0.685. The molecule has 0 atom stereocenters. The molecule has 0 unspecified atom stereocenters. The van der Waals surface area contributed by atoms with Gasteiger partial charge in [-0.15, -0.1) is 0 Å². The van der Waals surface area contributed by atoms with Crippen molar-refractivity contribution in [2.24, 2.45) is 0 Å². The maximum absolute atomic E-state index is 5.99. The molecule has 5 nitrogen and oxygen atoms in total. The van der Waals surface area contributed by atoms with Crippen LogP contribution in [0.2, 0.25) is 5.02 Å². The SMILES string of the molecule is Clc1cccc(CCNc2cc(NCc3ccncc3)ncn2)c1. The Hall–Kier alpha value is -2.66. The van der Waals surface area contributed by atoms with Crippen molar-refractivity contribution in [2.45, 2.75) is 13.0 Å². The van der Waals surface area contributed by atoms with Crippen molar-refractivity contribution in [3.63, 3.8) is 0 Å². The van der Waals surface area contributed by atoms with Gasteiger partial charge in [-0.1, -0.05) is 23.7 Å². The highest BCUT2D eigenvalue weighted by Gasteiger charge is 2.00. The number of benzene rings is 1. The summed E-state index contributed by atoms with van der Waals surface area (Å²) in [7, 11) is 0. The van der Waals surface area contributed by atoms with Crippen LogP contribution < -0.4 is 10.6 Å². The molecule has 0 saturated carbocycles. The van der Waals surface area contributed by atoms with Gasteiger partial charge >= 0.3 is 0 Å². The van der Waals surface area contributed by atoms with Crippen molar-refractivity contribution in [2.75, 3.05) is 17.2 Å². The fourth-order valence-corrected chi connectivity index (χ4v) is 2.48. The first kappa shape index (κ1) is 16.2. The monoisotopic (exact) mass is 339 g/mol. The molecule has 0 aliphatic heterocycles. The second-order valence-electron chi connectivity index (χ2n) is 5.30. The molecular formula is C18H18ClN5. The molecule has 1 aromatic carbocycles. The van der Waals surface area contributed by atoms with Crippen LogP contribution in [0.1, 0.15) is 11.1 Å². The molecule has 0 saturated heterocycles. The van der Waals surface area contributed by atoms with Crippen LogP contribution in [-0.4, -0.2) is 21.5 Å². The molecule has 2 N–H and O–H groups in total. The van der Waals surface area contributed by atoms with Gasteiger partial charge in [0.15, 0.2) is 0 Å². The van der Waals surface area contributed by atoms with E-state index in [1.807, 2.05) is 36.4 Å². The zero-order valence-corrected chi connectivity index (χ0v) is 13.9.